The first-order valence-corrected chi connectivity index (χ1v) is 13.1. The Hall–Kier alpha value is -3.40. The van der Waals surface area contributed by atoms with E-state index in [9.17, 15) is 14.4 Å². The van der Waals surface area contributed by atoms with E-state index in [2.05, 4.69) is 15.5 Å². The zero-order valence-corrected chi connectivity index (χ0v) is 21.8. The minimum atomic E-state index is -0.978. The fraction of sp³-hybridized carbons (Fsp3) is 0.556. The van der Waals surface area contributed by atoms with Crippen molar-refractivity contribution in [3.8, 4) is 0 Å². The van der Waals surface area contributed by atoms with Crippen LogP contribution in [-0.4, -0.2) is 97.7 Å². The Labute approximate surface area is 218 Å². The average molecular weight is 511 g/mol. The van der Waals surface area contributed by atoms with Gasteiger partial charge in [-0.2, -0.15) is 0 Å². The van der Waals surface area contributed by atoms with E-state index in [1.165, 1.54) is 0 Å². The summed E-state index contributed by atoms with van der Waals surface area (Å²) in [5.41, 5.74) is 1.31. The predicted molar refractivity (Wildman–Crippen MR) is 143 cm³/mol. The molecule has 1 saturated carbocycles. The molecule has 1 aliphatic heterocycles. The van der Waals surface area contributed by atoms with Gasteiger partial charge >= 0.3 is 6.09 Å². The van der Waals surface area contributed by atoms with Crippen molar-refractivity contribution in [3.05, 3.63) is 35.9 Å². The van der Waals surface area contributed by atoms with Crippen LogP contribution in [0.3, 0.4) is 0 Å². The number of hydrogen-bond acceptors (Lipinski definition) is 6. The number of anilines is 1. The fourth-order valence-electron chi connectivity index (χ4n) is 5.18. The maximum atomic E-state index is 13.3. The molecule has 0 bridgehead atoms. The molecule has 2 heterocycles. The Morgan fingerprint density at radius 3 is 2.38 bits per heavy atom. The molecule has 3 N–H and O–H groups in total. The number of nitrogens with one attached hydrogen (secondary N) is 2. The number of nitrogens with zero attached hydrogens (tertiary/aromatic N) is 4. The molecule has 1 aromatic heterocycles. The predicted octanol–water partition coefficient (Wildman–Crippen LogP) is 2.25. The van der Waals surface area contributed by atoms with Crippen molar-refractivity contribution in [3.63, 3.8) is 0 Å². The van der Waals surface area contributed by atoms with Gasteiger partial charge in [0.1, 0.15) is 5.82 Å². The minimum absolute atomic E-state index is 0.0724. The summed E-state index contributed by atoms with van der Waals surface area (Å²) >= 11 is 0. The van der Waals surface area contributed by atoms with Gasteiger partial charge in [-0.15, -0.1) is 0 Å². The number of benzene rings is 1. The molecule has 2 fully saturated rings. The third-order valence-electron chi connectivity index (χ3n) is 7.47. The van der Waals surface area contributed by atoms with Crippen molar-refractivity contribution in [2.45, 2.75) is 25.7 Å². The number of rotatable bonds is 9. The van der Waals surface area contributed by atoms with Crippen LogP contribution in [-0.2, 0) is 4.79 Å². The smallest absolute Gasteiger partial charge is 0.404 e. The van der Waals surface area contributed by atoms with Crippen molar-refractivity contribution < 1.29 is 19.5 Å². The van der Waals surface area contributed by atoms with Gasteiger partial charge in [0, 0.05) is 44.7 Å². The van der Waals surface area contributed by atoms with Gasteiger partial charge in [0.05, 0.1) is 17.6 Å². The van der Waals surface area contributed by atoms with Gasteiger partial charge in [0.15, 0.2) is 0 Å². The number of carboxylic acid groups (broad SMARTS) is 1. The molecule has 10 nitrogen and oxygen atoms in total. The molecule has 0 spiro atoms. The molecule has 4 rings (SSSR count). The van der Waals surface area contributed by atoms with E-state index in [4.69, 9.17) is 10.1 Å². The second-order valence-electron chi connectivity index (χ2n) is 10.4. The van der Waals surface area contributed by atoms with E-state index in [1.807, 2.05) is 54.2 Å². The molecule has 0 unspecified atom stereocenters. The Kier molecular flexibility index (Phi) is 8.81. The second kappa shape index (κ2) is 12.2. The summed E-state index contributed by atoms with van der Waals surface area (Å²) in [6.07, 6.45) is 2.87. The molecule has 0 radical (unpaired) electrons. The molecule has 1 aliphatic carbocycles. The third-order valence-corrected chi connectivity index (χ3v) is 7.47. The van der Waals surface area contributed by atoms with Gasteiger partial charge in [-0.3, -0.25) is 9.59 Å². The number of carbonyl (C=O) groups is 3. The van der Waals surface area contributed by atoms with Crippen molar-refractivity contribution in [1.29, 1.82) is 0 Å². The normalized spacial score (nSPS) is 20.4. The molecule has 2 aliphatic rings. The third kappa shape index (κ3) is 7.09. The SMILES string of the molecule is CN(C)CCN1CCN(c2cc(C(=O)NCC3CCC(CNC(=O)O)CC3)c3ccccc3n2)CC1=O. The van der Waals surface area contributed by atoms with Crippen LogP contribution in [0.15, 0.2) is 30.3 Å². The standard InChI is InChI=1S/C27H38N6O4/c1-31(2)11-12-32-13-14-33(18-25(32)34)24-15-22(21-5-3-4-6-23(21)30-24)26(35)28-16-19-7-9-20(10-8-19)17-29-27(36)37/h3-6,15,19-20,29H,7-14,16-18H2,1-2H3,(H,28,35)(H,36,37). The molecule has 1 saturated heterocycles. The molecular formula is C27H38N6O4. The molecule has 10 heteroatoms. The summed E-state index contributed by atoms with van der Waals surface area (Å²) in [4.78, 5) is 47.5. The zero-order valence-electron chi connectivity index (χ0n) is 21.8. The van der Waals surface area contributed by atoms with E-state index >= 15 is 0 Å². The molecule has 3 amide bonds. The Balaban J connectivity index is 1.40. The van der Waals surface area contributed by atoms with Crippen LogP contribution < -0.4 is 15.5 Å². The topological polar surface area (TPSA) is 118 Å². The number of fused-ring (bicyclic) bond motifs is 1. The number of aromatic nitrogens is 1. The Morgan fingerprint density at radius 1 is 1.05 bits per heavy atom. The van der Waals surface area contributed by atoms with Gasteiger partial charge in [-0.1, -0.05) is 18.2 Å². The monoisotopic (exact) mass is 510 g/mol. The Morgan fingerprint density at radius 2 is 1.73 bits per heavy atom. The van der Waals surface area contributed by atoms with Crippen molar-refractivity contribution in [1.82, 2.24) is 25.4 Å². The van der Waals surface area contributed by atoms with E-state index in [0.29, 0.717) is 55.9 Å². The van der Waals surface area contributed by atoms with Crippen LogP contribution in [0.1, 0.15) is 36.0 Å². The van der Waals surface area contributed by atoms with Gasteiger partial charge in [0.2, 0.25) is 5.91 Å². The summed E-state index contributed by atoms with van der Waals surface area (Å²) in [6, 6.07) is 9.43. The van der Waals surface area contributed by atoms with E-state index in [1.54, 1.807) is 0 Å². The number of amides is 3. The average Bonchev–Trinajstić information content (AvgIpc) is 2.89. The summed E-state index contributed by atoms with van der Waals surface area (Å²) in [7, 11) is 3.99. The van der Waals surface area contributed by atoms with Crippen LogP contribution in [0.2, 0.25) is 0 Å². The highest BCUT2D eigenvalue weighted by Crippen LogP contribution is 2.28. The number of carbonyl (C=O) groups excluding carboxylic acids is 2. The molecule has 0 atom stereocenters. The zero-order chi connectivity index (χ0) is 26.4. The van der Waals surface area contributed by atoms with Crippen molar-refractivity contribution >= 4 is 34.6 Å². The van der Waals surface area contributed by atoms with Crippen LogP contribution in [0, 0.1) is 11.8 Å². The van der Waals surface area contributed by atoms with Crippen molar-refractivity contribution in [2.24, 2.45) is 11.8 Å². The highest BCUT2D eigenvalue weighted by Gasteiger charge is 2.27. The number of piperazine rings is 1. The van der Waals surface area contributed by atoms with Crippen LogP contribution in [0.25, 0.3) is 10.9 Å². The van der Waals surface area contributed by atoms with Crippen molar-refractivity contribution in [2.75, 3.05) is 64.8 Å². The largest absolute Gasteiger partial charge is 0.465 e. The van der Waals surface area contributed by atoms with E-state index in [-0.39, 0.29) is 18.4 Å². The first kappa shape index (κ1) is 26.7. The van der Waals surface area contributed by atoms with E-state index in [0.717, 1.165) is 43.1 Å². The summed E-state index contributed by atoms with van der Waals surface area (Å²) in [6.45, 7) is 4.17. The summed E-state index contributed by atoms with van der Waals surface area (Å²) in [5.74, 6) is 1.33. The highest BCUT2D eigenvalue weighted by molar-refractivity contribution is 6.07. The van der Waals surface area contributed by atoms with Gasteiger partial charge in [-0.25, -0.2) is 9.78 Å². The molecule has 200 valence electrons. The lowest BCUT2D eigenvalue weighted by atomic mass is 9.82. The van der Waals surface area contributed by atoms with Crippen LogP contribution in [0.5, 0.6) is 0 Å². The van der Waals surface area contributed by atoms with E-state index < -0.39 is 6.09 Å². The molecule has 2 aromatic rings. The quantitative estimate of drug-likeness (QED) is 0.474. The highest BCUT2D eigenvalue weighted by atomic mass is 16.4. The fourth-order valence-corrected chi connectivity index (χ4v) is 5.18. The van der Waals surface area contributed by atoms with Gasteiger partial charge < -0.3 is 30.4 Å². The molecular weight excluding hydrogens is 472 g/mol. The lowest BCUT2D eigenvalue weighted by molar-refractivity contribution is -0.131. The van der Waals surface area contributed by atoms with Crippen LogP contribution in [0.4, 0.5) is 10.6 Å². The lowest BCUT2D eigenvalue weighted by Crippen LogP contribution is -2.52. The molecule has 37 heavy (non-hydrogen) atoms. The first-order valence-electron chi connectivity index (χ1n) is 13.1. The number of likely N-dealkylation sites (N-methyl/N-ethyl adjacent to an activating group) is 1. The minimum Gasteiger partial charge on any atom is -0.465 e. The molecule has 1 aromatic carbocycles. The Bertz CT molecular complexity index is 1120. The summed E-state index contributed by atoms with van der Waals surface area (Å²) in [5, 5.41) is 15.2. The maximum absolute atomic E-state index is 13.3. The summed E-state index contributed by atoms with van der Waals surface area (Å²) < 4.78 is 0. The first-order chi connectivity index (χ1) is 17.8. The van der Waals surface area contributed by atoms with Gasteiger partial charge in [0.25, 0.3) is 5.91 Å². The lowest BCUT2D eigenvalue weighted by Gasteiger charge is -2.35. The van der Waals surface area contributed by atoms with Crippen LogP contribution >= 0.6 is 0 Å². The second-order valence-corrected chi connectivity index (χ2v) is 10.4. The number of hydrogen-bond donors (Lipinski definition) is 3. The number of para-hydroxylation sites is 1. The van der Waals surface area contributed by atoms with Gasteiger partial charge in [-0.05, 0) is 63.7 Å². The number of pyridine rings is 1. The maximum Gasteiger partial charge on any atom is 0.404 e.